The maximum atomic E-state index is 13.0. The summed E-state index contributed by atoms with van der Waals surface area (Å²) >= 11 is 0. The average Bonchev–Trinajstić information content (AvgIpc) is 3.11. The fourth-order valence-electron chi connectivity index (χ4n) is 3.75. The summed E-state index contributed by atoms with van der Waals surface area (Å²) in [7, 11) is 0. The van der Waals surface area contributed by atoms with Crippen LogP contribution in [0.4, 0.5) is 0 Å². The summed E-state index contributed by atoms with van der Waals surface area (Å²) < 4.78 is 1.88. The lowest BCUT2D eigenvalue weighted by Gasteiger charge is -2.44. The molecule has 0 aliphatic carbocycles. The molecule has 0 N–H and O–H groups in total. The Morgan fingerprint density at radius 3 is 2.83 bits per heavy atom. The standard InChI is InChI=1S/C18H22N4O/c23-18(21-11-10-20-9-5-4-8-16(20)13-21)17-12-19-14-22(17)15-6-2-1-3-7-15/h1-3,6-7,12,14,16H,4-5,8-11,13H2. The first kappa shape index (κ1) is 14.5. The van der Waals surface area contributed by atoms with Crippen LogP contribution in [0.2, 0.25) is 0 Å². The molecule has 1 unspecified atom stereocenters. The third-order valence-electron chi connectivity index (χ3n) is 5.02. The molecule has 4 rings (SSSR count). The van der Waals surface area contributed by atoms with Crippen LogP contribution in [0.1, 0.15) is 29.8 Å². The lowest BCUT2D eigenvalue weighted by atomic mass is 9.99. The molecule has 1 atom stereocenters. The van der Waals surface area contributed by atoms with E-state index in [1.807, 2.05) is 39.8 Å². The fourth-order valence-corrected chi connectivity index (χ4v) is 3.75. The number of aromatic nitrogens is 2. The van der Waals surface area contributed by atoms with Crippen molar-refractivity contribution in [2.24, 2.45) is 0 Å². The van der Waals surface area contributed by atoms with E-state index in [-0.39, 0.29) is 5.91 Å². The first-order valence-corrected chi connectivity index (χ1v) is 8.44. The summed E-state index contributed by atoms with van der Waals surface area (Å²) in [6.45, 7) is 3.85. The van der Waals surface area contributed by atoms with Crippen molar-refractivity contribution in [2.45, 2.75) is 25.3 Å². The van der Waals surface area contributed by atoms with E-state index in [2.05, 4.69) is 9.88 Å². The molecule has 120 valence electrons. The van der Waals surface area contributed by atoms with Gasteiger partial charge in [-0.2, -0.15) is 0 Å². The van der Waals surface area contributed by atoms with Gasteiger partial charge in [0, 0.05) is 31.4 Å². The van der Waals surface area contributed by atoms with Crippen molar-refractivity contribution in [3.8, 4) is 5.69 Å². The Balaban J connectivity index is 1.55. The van der Waals surface area contributed by atoms with Crippen molar-refractivity contribution in [3.63, 3.8) is 0 Å². The molecule has 0 saturated carbocycles. The Labute approximate surface area is 136 Å². The van der Waals surface area contributed by atoms with Gasteiger partial charge in [0.15, 0.2) is 0 Å². The molecule has 23 heavy (non-hydrogen) atoms. The number of imidazole rings is 1. The predicted octanol–water partition coefficient (Wildman–Crippen LogP) is 2.18. The van der Waals surface area contributed by atoms with Gasteiger partial charge in [0.2, 0.25) is 0 Å². The molecule has 2 saturated heterocycles. The topological polar surface area (TPSA) is 41.4 Å². The van der Waals surface area contributed by atoms with Gasteiger partial charge in [0.1, 0.15) is 5.69 Å². The van der Waals surface area contributed by atoms with Crippen LogP contribution in [0, 0.1) is 0 Å². The molecule has 1 aromatic heterocycles. The number of hydrogen-bond donors (Lipinski definition) is 0. The quantitative estimate of drug-likeness (QED) is 0.854. The Morgan fingerprint density at radius 2 is 1.96 bits per heavy atom. The molecule has 2 aliphatic rings. The normalized spacial score (nSPS) is 21.9. The van der Waals surface area contributed by atoms with Gasteiger partial charge in [0.05, 0.1) is 12.5 Å². The van der Waals surface area contributed by atoms with Crippen LogP contribution >= 0.6 is 0 Å². The third kappa shape index (κ3) is 2.77. The first-order valence-electron chi connectivity index (χ1n) is 8.44. The number of carbonyl (C=O) groups excluding carboxylic acids is 1. The van der Waals surface area contributed by atoms with Crippen LogP contribution in [-0.2, 0) is 0 Å². The summed E-state index contributed by atoms with van der Waals surface area (Å²) in [5.41, 5.74) is 1.63. The van der Waals surface area contributed by atoms with Crippen molar-refractivity contribution in [1.82, 2.24) is 19.4 Å². The van der Waals surface area contributed by atoms with Crippen molar-refractivity contribution in [2.75, 3.05) is 26.2 Å². The van der Waals surface area contributed by atoms with Gasteiger partial charge < -0.3 is 4.90 Å². The summed E-state index contributed by atoms with van der Waals surface area (Å²) in [5.74, 6) is 0.0941. The van der Waals surface area contributed by atoms with Crippen LogP contribution in [0.3, 0.4) is 0 Å². The molecule has 1 aromatic carbocycles. The molecular weight excluding hydrogens is 288 g/mol. The first-order chi connectivity index (χ1) is 11.3. The Kier molecular flexibility index (Phi) is 3.87. The zero-order valence-corrected chi connectivity index (χ0v) is 13.3. The number of fused-ring (bicyclic) bond motifs is 1. The minimum Gasteiger partial charge on any atom is -0.334 e. The Hall–Kier alpha value is -2.14. The van der Waals surface area contributed by atoms with E-state index in [1.54, 1.807) is 12.5 Å². The summed E-state index contributed by atoms with van der Waals surface area (Å²) in [4.78, 5) is 21.7. The second-order valence-corrected chi connectivity index (χ2v) is 6.42. The molecule has 5 nitrogen and oxygen atoms in total. The second kappa shape index (κ2) is 6.16. The van der Waals surface area contributed by atoms with Gasteiger partial charge in [0.25, 0.3) is 5.91 Å². The smallest absolute Gasteiger partial charge is 0.272 e. The van der Waals surface area contributed by atoms with Crippen LogP contribution in [0.15, 0.2) is 42.9 Å². The van der Waals surface area contributed by atoms with E-state index in [4.69, 9.17) is 0 Å². The van der Waals surface area contributed by atoms with Gasteiger partial charge >= 0.3 is 0 Å². The van der Waals surface area contributed by atoms with Gasteiger partial charge in [-0.05, 0) is 31.5 Å². The maximum absolute atomic E-state index is 13.0. The number of piperidine rings is 1. The zero-order valence-electron chi connectivity index (χ0n) is 13.3. The molecule has 0 bridgehead atoms. The SMILES string of the molecule is O=C(c1cncn1-c1ccccc1)N1CCN2CCCCC2C1. The third-order valence-corrected chi connectivity index (χ3v) is 5.02. The number of para-hydroxylation sites is 1. The van der Waals surface area contributed by atoms with Crippen LogP contribution in [0.25, 0.3) is 5.69 Å². The molecular formula is C18H22N4O. The molecule has 1 amide bonds. The number of benzene rings is 1. The van der Waals surface area contributed by atoms with Crippen LogP contribution < -0.4 is 0 Å². The lowest BCUT2D eigenvalue weighted by molar-refractivity contribution is 0.0367. The number of rotatable bonds is 2. The van der Waals surface area contributed by atoms with E-state index in [9.17, 15) is 4.79 Å². The van der Waals surface area contributed by atoms with Crippen molar-refractivity contribution < 1.29 is 4.79 Å². The number of carbonyl (C=O) groups is 1. The monoisotopic (exact) mass is 310 g/mol. The van der Waals surface area contributed by atoms with E-state index < -0.39 is 0 Å². The Morgan fingerprint density at radius 1 is 1.09 bits per heavy atom. The highest BCUT2D eigenvalue weighted by Gasteiger charge is 2.32. The molecule has 3 heterocycles. The minimum atomic E-state index is 0.0941. The van der Waals surface area contributed by atoms with Crippen molar-refractivity contribution >= 4 is 5.91 Å². The largest absolute Gasteiger partial charge is 0.334 e. The second-order valence-electron chi connectivity index (χ2n) is 6.42. The van der Waals surface area contributed by atoms with E-state index in [0.717, 1.165) is 25.3 Å². The molecule has 2 fully saturated rings. The minimum absolute atomic E-state index is 0.0941. The lowest BCUT2D eigenvalue weighted by Crippen LogP contribution is -2.56. The highest BCUT2D eigenvalue weighted by Crippen LogP contribution is 2.22. The molecule has 2 aliphatic heterocycles. The van der Waals surface area contributed by atoms with Gasteiger partial charge in [-0.15, -0.1) is 0 Å². The molecule has 2 aromatic rings. The fraction of sp³-hybridized carbons (Fsp3) is 0.444. The summed E-state index contributed by atoms with van der Waals surface area (Å²) in [6.07, 6.45) is 7.19. The van der Waals surface area contributed by atoms with Crippen molar-refractivity contribution in [1.29, 1.82) is 0 Å². The van der Waals surface area contributed by atoms with Crippen LogP contribution in [0.5, 0.6) is 0 Å². The number of piperazine rings is 1. The zero-order chi connectivity index (χ0) is 15.6. The van der Waals surface area contributed by atoms with Crippen molar-refractivity contribution in [3.05, 3.63) is 48.5 Å². The highest BCUT2D eigenvalue weighted by molar-refractivity contribution is 5.93. The van der Waals surface area contributed by atoms with Gasteiger partial charge in [-0.1, -0.05) is 24.6 Å². The van der Waals surface area contributed by atoms with Gasteiger partial charge in [-0.25, -0.2) is 4.98 Å². The predicted molar refractivity (Wildman–Crippen MR) is 88.7 cm³/mol. The number of nitrogens with zero attached hydrogens (tertiary/aromatic N) is 4. The van der Waals surface area contributed by atoms with Crippen LogP contribution in [-0.4, -0.2) is 57.5 Å². The average molecular weight is 310 g/mol. The van der Waals surface area contributed by atoms with E-state index in [0.29, 0.717) is 11.7 Å². The molecule has 0 spiro atoms. The summed E-state index contributed by atoms with van der Waals surface area (Å²) in [6, 6.07) is 10.5. The number of hydrogen-bond acceptors (Lipinski definition) is 3. The van der Waals surface area contributed by atoms with E-state index >= 15 is 0 Å². The van der Waals surface area contributed by atoms with E-state index in [1.165, 1.54) is 25.8 Å². The van der Waals surface area contributed by atoms with Gasteiger partial charge in [-0.3, -0.25) is 14.3 Å². The molecule has 5 heteroatoms. The highest BCUT2D eigenvalue weighted by atomic mass is 16.2. The maximum Gasteiger partial charge on any atom is 0.272 e. The number of amides is 1. The Bertz CT molecular complexity index is 681. The summed E-state index contributed by atoms with van der Waals surface area (Å²) in [5, 5.41) is 0. The molecule has 0 radical (unpaired) electrons.